The second-order valence-electron chi connectivity index (χ2n) is 11.3. The van der Waals surface area contributed by atoms with Gasteiger partial charge in [-0.1, -0.05) is 31.2 Å². The second kappa shape index (κ2) is 11.8. The Labute approximate surface area is 255 Å². The summed E-state index contributed by atoms with van der Waals surface area (Å²) < 4.78 is 29.6. The van der Waals surface area contributed by atoms with Gasteiger partial charge in [0, 0.05) is 63.8 Å². The Morgan fingerprint density at radius 3 is 2.49 bits per heavy atom. The van der Waals surface area contributed by atoms with E-state index in [0.29, 0.717) is 57.7 Å². The van der Waals surface area contributed by atoms with Crippen LogP contribution in [-0.2, 0) is 6.54 Å². The highest BCUT2D eigenvalue weighted by Gasteiger charge is 2.32. The number of carbonyl (C=O) groups is 1. The first-order chi connectivity index (χ1) is 20.1. The first kappa shape index (κ1) is 30.3. The van der Waals surface area contributed by atoms with Gasteiger partial charge >= 0.3 is 0 Å². The third-order valence-corrected chi connectivity index (χ3v) is 7.59. The number of benzene rings is 3. The number of hydrogen-bond acceptors (Lipinski definition) is 6. The number of aliphatic imine (C=N–C) groups is 1. The third-order valence-electron chi connectivity index (χ3n) is 7.36. The van der Waals surface area contributed by atoms with Gasteiger partial charge in [0.2, 0.25) is 5.95 Å². The summed E-state index contributed by atoms with van der Waals surface area (Å²) in [5, 5.41) is 7.12. The highest BCUT2D eigenvalue weighted by molar-refractivity contribution is 6.31. The Bertz CT molecular complexity index is 1700. The lowest BCUT2D eigenvalue weighted by Crippen LogP contribution is -2.62. The van der Waals surface area contributed by atoms with Crippen LogP contribution in [0.4, 0.5) is 20.4 Å². The minimum atomic E-state index is -0.712. The summed E-state index contributed by atoms with van der Waals surface area (Å²) >= 11 is 6.32. The molecule has 2 aliphatic rings. The number of hydrogen-bond donors (Lipinski definition) is 2. The van der Waals surface area contributed by atoms with Gasteiger partial charge in [0.15, 0.2) is 0 Å². The number of halogens is 3. The molecule has 3 aromatic carbocycles. The molecule has 222 valence electrons. The summed E-state index contributed by atoms with van der Waals surface area (Å²) in [6.45, 7) is 7.66. The number of nitrogens with one attached hydrogen (secondary N) is 2. The maximum Gasteiger partial charge on any atom is 0.253 e. The topological polar surface area (TPSA) is 82.5 Å². The molecule has 0 radical (unpaired) electrons. The zero-order valence-corrected chi connectivity index (χ0v) is 24.1. The first-order valence-electron chi connectivity index (χ1n) is 13.7. The van der Waals surface area contributed by atoms with Crippen molar-refractivity contribution in [1.82, 2.24) is 20.2 Å². The predicted molar refractivity (Wildman–Crippen MR) is 167 cm³/mol. The van der Waals surface area contributed by atoms with Crippen molar-refractivity contribution in [1.29, 1.82) is 0 Å². The van der Waals surface area contributed by atoms with Gasteiger partial charge in [-0.05, 0) is 69.3 Å². The van der Waals surface area contributed by atoms with Gasteiger partial charge in [0.25, 0.3) is 5.91 Å². The van der Waals surface area contributed by atoms with Crippen LogP contribution < -0.4 is 10.6 Å². The molecule has 1 aromatic heterocycles. The van der Waals surface area contributed by atoms with Crippen LogP contribution in [0.1, 0.15) is 55.2 Å². The third kappa shape index (κ3) is 6.14. The quantitative estimate of drug-likeness (QED) is 0.262. The normalized spacial score (nSPS) is 17.1. The molecule has 0 saturated carbocycles. The van der Waals surface area contributed by atoms with E-state index in [-0.39, 0.29) is 42.7 Å². The van der Waals surface area contributed by atoms with E-state index in [1.807, 2.05) is 17.0 Å². The fraction of sp³-hybridized carbons (Fsp3) is 0.273. The zero-order valence-electron chi connectivity index (χ0n) is 23.4. The van der Waals surface area contributed by atoms with E-state index in [1.165, 1.54) is 18.2 Å². The van der Waals surface area contributed by atoms with Crippen molar-refractivity contribution in [3.05, 3.63) is 106 Å². The van der Waals surface area contributed by atoms with E-state index in [4.69, 9.17) is 16.6 Å². The molecule has 1 atom stereocenters. The van der Waals surface area contributed by atoms with Crippen molar-refractivity contribution in [3.63, 3.8) is 0 Å². The highest BCUT2D eigenvalue weighted by Crippen LogP contribution is 2.35. The van der Waals surface area contributed by atoms with E-state index >= 15 is 0 Å². The van der Waals surface area contributed by atoms with Crippen LogP contribution in [0.15, 0.2) is 71.9 Å². The minimum Gasteiger partial charge on any atom is -0.335 e. The average Bonchev–Trinajstić information content (AvgIpc) is 3.08. The van der Waals surface area contributed by atoms with Gasteiger partial charge in [-0.3, -0.25) is 9.79 Å². The molecule has 2 N–H and O–H groups in total. The van der Waals surface area contributed by atoms with Crippen molar-refractivity contribution >= 4 is 34.9 Å². The molecular weight excluding hydrogens is 570 g/mol. The molecule has 0 aliphatic carbocycles. The molecular formula is C33H33ClF2N6O. The Kier molecular flexibility index (Phi) is 8.31. The van der Waals surface area contributed by atoms with Gasteiger partial charge < -0.3 is 15.5 Å². The van der Waals surface area contributed by atoms with Crippen LogP contribution in [-0.4, -0.2) is 51.2 Å². The molecule has 6 rings (SSSR count). The largest absolute Gasteiger partial charge is 0.335 e. The van der Waals surface area contributed by atoms with Crippen LogP contribution >= 0.6 is 11.6 Å². The van der Waals surface area contributed by atoms with Crippen LogP contribution in [0.2, 0.25) is 5.02 Å². The summed E-state index contributed by atoms with van der Waals surface area (Å²) in [6.07, 6.45) is 1.65. The average molecular weight is 603 g/mol. The number of rotatable bonds is 4. The molecule has 0 bridgehead atoms. The lowest BCUT2D eigenvalue weighted by molar-refractivity contribution is 0.0596. The minimum absolute atomic E-state index is 0. The molecule has 1 amide bonds. The fourth-order valence-electron chi connectivity index (χ4n) is 5.72. The molecule has 0 spiro atoms. The monoisotopic (exact) mass is 602 g/mol. The second-order valence-corrected chi connectivity index (χ2v) is 11.8. The number of amides is 1. The number of carbonyl (C=O) groups excluding carboxylic acids is 1. The van der Waals surface area contributed by atoms with Crippen LogP contribution in [0.5, 0.6) is 0 Å². The zero-order chi connectivity index (χ0) is 29.6. The summed E-state index contributed by atoms with van der Waals surface area (Å²) in [7, 11) is 0. The Morgan fingerprint density at radius 1 is 1.07 bits per heavy atom. The van der Waals surface area contributed by atoms with E-state index in [1.54, 1.807) is 36.5 Å². The molecule has 10 heteroatoms. The summed E-state index contributed by atoms with van der Waals surface area (Å²) in [5.74, 6) is -1.11. The van der Waals surface area contributed by atoms with Crippen molar-refractivity contribution in [3.8, 4) is 11.3 Å². The predicted octanol–water partition coefficient (Wildman–Crippen LogP) is 7.02. The Morgan fingerprint density at radius 2 is 1.79 bits per heavy atom. The smallest absolute Gasteiger partial charge is 0.253 e. The lowest BCUT2D eigenvalue weighted by Gasteiger charge is -2.42. The molecule has 4 aromatic rings. The van der Waals surface area contributed by atoms with Gasteiger partial charge in [-0.15, -0.1) is 0 Å². The van der Waals surface area contributed by atoms with Gasteiger partial charge in [-0.2, -0.15) is 0 Å². The fourth-order valence-corrected chi connectivity index (χ4v) is 5.89. The molecule has 1 saturated heterocycles. The van der Waals surface area contributed by atoms with E-state index < -0.39 is 11.6 Å². The Hall–Kier alpha value is -4.21. The van der Waals surface area contributed by atoms with Gasteiger partial charge in [0.1, 0.15) is 11.6 Å². The van der Waals surface area contributed by atoms with Crippen molar-refractivity contribution < 1.29 is 13.6 Å². The van der Waals surface area contributed by atoms with Crippen molar-refractivity contribution in [2.75, 3.05) is 18.4 Å². The molecule has 3 heterocycles. The lowest BCUT2D eigenvalue weighted by atomic mass is 9.95. The van der Waals surface area contributed by atoms with Gasteiger partial charge in [0.05, 0.1) is 23.5 Å². The van der Waals surface area contributed by atoms with Crippen molar-refractivity contribution in [2.24, 2.45) is 4.99 Å². The van der Waals surface area contributed by atoms with Crippen LogP contribution in [0, 0.1) is 11.6 Å². The summed E-state index contributed by atoms with van der Waals surface area (Å²) in [5.41, 5.74) is 3.49. The Balaban J connectivity index is 0.00000368. The van der Waals surface area contributed by atoms with Crippen LogP contribution in [0.3, 0.4) is 0 Å². The summed E-state index contributed by atoms with van der Waals surface area (Å²) in [6, 6.07) is 16.2. The van der Waals surface area contributed by atoms with Crippen molar-refractivity contribution in [2.45, 2.75) is 46.3 Å². The number of fused-ring (bicyclic) bond motifs is 3. The van der Waals surface area contributed by atoms with E-state index in [2.05, 4.69) is 41.4 Å². The van der Waals surface area contributed by atoms with E-state index in [9.17, 15) is 13.6 Å². The number of piperazine rings is 1. The van der Waals surface area contributed by atoms with Crippen LogP contribution in [0.25, 0.3) is 11.3 Å². The number of aromatic nitrogens is 2. The summed E-state index contributed by atoms with van der Waals surface area (Å²) in [4.78, 5) is 28.9. The molecule has 43 heavy (non-hydrogen) atoms. The molecule has 1 unspecified atom stereocenters. The first-order valence-corrected chi connectivity index (χ1v) is 14.0. The maximum absolute atomic E-state index is 14.8. The number of anilines is 2. The SMILES string of the molecule is C.CC1CN(C(=O)c2ccc(Nc3ncc4c(n3)-c3ccc(Cl)cc3C(c3c(F)cccc3F)=NC4)cc2)CC(C)(C)N1. The molecule has 1 fully saturated rings. The standard InChI is InChI=1S/C32H29ClF2N6O.CH4/c1-18-16-41(17-32(2,3)40-18)30(42)19-7-10-22(11-8-19)38-31-37-15-20-14-36-29(27-25(34)5-4-6-26(27)35)24-13-21(33)9-12-23(24)28(20)39-31;/h4-13,15,18,40H,14,16-17H2,1-3H3,(H,37,38,39);1H4. The number of nitrogens with zero attached hydrogens (tertiary/aromatic N) is 4. The molecule has 2 aliphatic heterocycles. The van der Waals surface area contributed by atoms with Gasteiger partial charge in [-0.25, -0.2) is 18.7 Å². The van der Waals surface area contributed by atoms with E-state index in [0.717, 1.165) is 0 Å². The maximum atomic E-state index is 14.8. The molecule has 7 nitrogen and oxygen atoms in total. The highest BCUT2D eigenvalue weighted by atomic mass is 35.5.